The van der Waals surface area contributed by atoms with Gasteiger partial charge in [-0.1, -0.05) is 0 Å². The number of hydrogen-bond acceptors (Lipinski definition) is 7. The van der Waals surface area contributed by atoms with Crippen molar-refractivity contribution in [2.24, 2.45) is 0 Å². The molecule has 1 saturated heterocycles. The van der Waals surface area contributed by atoms with E-state index >= 15 is 0 Å². The SMILES string of the molecule is COc1ccc(S(=O)(=O)N2CCN(Cc3oc(C)cc(=O)c3O)CC2)cc1. The van der Waals surface area contributed by atoms with Crippen LogP contribution < -0.4 is 10.2 Å². The number of rotatable bonds is 5. The van der Waals surface area contributed by atoms with Gasteiger partial charge >= 0.3 is 0 Å². The summed E-state index contributed by atoms with van der Waals surface area (Å²) in [5, 5.41) is 9.88. The van der Waals surface area contributed by atoms with E-state index in [9.17, 15) is 18.3 Å². The Hall–Kier alpha value is -2.36. The molecule has 3 rings (SSSR count). The molecule has 0 unspecified atom stereocenters. The van der Waals surface area contributed by atoms with Crippen LogP contribution in [0.3, 0.4) is 0 Å². The molecule has 9 heteroatoms. The minimum Gasteiger partial charge on any atom is -0.502 e. The normalized spacial score (nSPS) is 16.4. The third kappa shape index (κ3) is 4.15. The van der Waals surface area contributed by atoms with Gasteiger partial charge in [-0.3, -0.25) is 9.69 Å². The number of aromatic hydroxyl groups is 1. The Morgan fingerprint density at radius 2 is 1.78 bits per heavy atom. The molecule has 1 aliphatic rings. The lowest BCUT2D eigenvalue weighted by molar-refractivity contribution is 0.166. The predicted molar refractivity (Wildman–Crippen MR) is 98.4 cm³/mol. The van der Waals surface area contributed by atoms with Crippen molar-refractivity contribution in [3.05, 3.63) is 52.1 Å². The molecule has 0 saturated carbocycles. The quantitative estimate of drug-likeness (QED) is 0.812. The van der Waals surface area contributed by atoms with Crippen LogP contribution in [0.4, 0.5) is 0 Å². The zero-order valence-electron chi connectivity index (χ0n) is 15.2. The second-order valence-electron chi connectivity index (χ2n) is 6.35. The Kier molecular flexibility index (Phi) is 5.54. The number of hydrogen-bond donors (Lipinski definition) is 1. The molecule has 0 radical (unpaired) electrons. The van der Waals surface area contributed by atoms with Crippen LogP contribution in [0.5, 0.6) is 11.5 Å². The van der Waals surface area contributed by atoms with Crippen LogP contribution in [-0.4, -0.2) is 56.0 Å². The van der Waals surface area contributed by atoms with Gasteiger partial charge in [0, 0.05) is 32.2 Å². The molecule has 1 aromatic carbocycles. The van der Waals surface area contributed by atoms with Crippen LogP contribution >= 0.6 is 0 Å². The molecular weight excluding hydrogens is 372 g/mol. The second kappa shape index (κ2) is 7.71. The van der Waals surface area contributed by atoms with E-state index in [-0.39, 0.29) is 17.2 Å². The van der Waals surface area contributed by atoms with E-state index in [0.29, 0.717) is 37.7 Å². The number of piperazine rings is 1. The van der Waals surface area contributed by atoms with Gasteiger partial charge in [0.1, 0.15) is 11.5 Å². The van der Waals surface area contributed by atoms with Crippen molar-refractivity contribution in [2.75, 3.05) is 33.3 Å². The van der Waals surface area contributed by atoms with Crippen LogP contribution in [0.1, 0.15) is 11.5 Å². The Morgan fingerprint density at radius 3 is 2.37 bits per heavy atom. The molecule has 1 fully saturated rings. The van der Waals surface area contributed by atoms with Gasteiger partial charge in [-0.2, -0.15) is 4.31 Å². The smallest absolute Gasteiger partial charge is 0.243 e. The lowest BCUT2D eigenvalue weighted by Crippen LogP contribution is -2.48. The zero-order valence-corrected chi connectivity index (χ0v) is 16.0. The topological polar surface area (TPSA) is 100 Å². The number of benzene rings is 1. The predicted octanol–water partition coefficient (Wildman–Crippen LogP) is 1.17. The van der Waals surface area contributed by atoms with E-state index in [1.54, 1.807) is 19.1 Å². The third-order valence-corrected chi connectivity index (χ3v) is 6.42. The summed E-state index contributed by atoms with van der Waals surface area (Å²) in [7, 11) is -2.05. The molecular formula is C18H22N2O6S. The van der Waals surface area contributed by atoms with Crippen molar-refractivity contribution in [1.29, 1.82) is 0 Å². The van der Waals surface area contributed by atoms with Gasteiger partial charge in [-0.25, -0.2) is 8.42 Å². The molecule has 1 N–H and O–H groups in total. The molecule has 0 bridgehead atoms. The monoisotopic (exact) mass is 394 g/mol. The highest BCUT2D eigenvalue weighted by molar-refractivity contribution is 7.89. The Morgan fingerprint density at radius 1 is 1.15 bits per heavy atom. The maximum atomic E-state index is 12.8. The lowest BCUT2D eigenvalue weighted by atomic mass is 10.2. The first-order valence-corrected chi connectivity index (χ1v) is 9.94. The van der Waals surface area contributed by atoms with Crippen LogP contribution in [0.15, 0.2) is 44.4 Å². The number of aryl methyl sites for hydroxylation is 1. The van der Waals surface area contributed by atoms with Gasteiger partial charge < -0.3 is 14.3 Å². The van der Waals surface area contributed by atoms with Crippen LogP contribution in [0.2, 0.25) is 0 Å². The molecule has 2 heterocycles. The summed E-state index contributed by atoms with van der Waals surface area (Å²) in [4.78, 5) is 13.8. The summed E-state index contributed by atoms with van der Waals surface area (Å²) in [6.07, 6.45) is 0. The van der Waals surface area contributed by atoms with E-state index in [1.807, 2.05) is 4.90 Å². The van der Waals surface area contributed by atoms with E-state index in [1.165, 1.54) is 29.6 Å². The molecule has 0 atom stereocenters. The van der Waals surface area contributed by atoms with Crippen molar-refractivity contribution < 1.29 is 22.7 Å². The van der Waals surface area contributed by atoms with Crippen molar-refractivity contribution in [3.8, 4) is 11.5 Å². The van der Waals surface area contributed by atoms with E-state index < -0.39 is 21.2 Å². The molecule has 146 valence electrons. The Labute approximate surface area is 157 Å². The molecule has 2 aromatic rings. The van der Waals surface area contributed by atoms with Crippen molar-refractivity contribution in [2.45, 2.75) is 18.4 Å². The van der Waals surface area contributed by atoms with Gasteiger partial charge in [0.25, 0.3) is 0 Å². The fraction of sp³-hybridized carbons (Fsp3) is 0.389. The minimum absolute atomic E-state index is 0.200. The van der Waals surface area contributed by atoms with Crippen LogP contribution in [-0.2, 0) is 16.6 Å². The highest BCUT2D eigenvalue weighted by Gasteiger charge is 2.29. The lowest BCUT2D eigenvalue weighted by Gasteiger charge is -2.33. The summed E-state index contributed by atoms with van der Waals surface area (Å²) >= 11 is 0. The second-order valence-corrected chi connectivity index (χ2v) is 8.29. The first-order chi connectivity index (χ1) is 12.8. The van der Waals surface area contributed by atoms with Crippen LogP contribution in [0, 0.1) is 6.92 Å². The van der Waals surface area contributed by atoms with Crippen molar-refractivity contribution in [1.82, 2.24) is 9.21 Å². The summed E-state index contributed by atoms with van der Waals surface area (Å²) in [6.45, 7) is 3.44. The summed E-state index contributed by atoms with van der Waals surface area (Å²) < 4.78 is 37.5. The molecule has 0 aliphatic carbocycles. The average Bonchev–Trinajstić information content (AvgIpc) is 2.66. The third-order valence-electron chi connectivity index (χ3n) is 4.51. The van der Waals surface area contributed by atoms with E-state index in [4.69, 9.17) is 9.15 Å². The number of sulfonamides is 1. The van der Waals surface area contributed by atoms with E-state index in [2.05, 4.69) is 0 Å². The Bertz CT molecular complexity index is 960. The summed E-state index contributed by atoms with van der Waals surface area (Å²) in [5.41, 5.74) is -0.477. The van der Waals surface area contributed by atoms with Crippen LogP contribution in [0.25, 0.3) is 0 Å². The first kappa shape index (κ1) is 19.4. The first-order valence-electron chi connectivity index (χ1n) is 8.50. The maximum absolute atomic E-state index is 12.8. The van der Waals surface area contributed by atoms with Crippen molar-refractivity contribution in [3.63, 3.8) is 0 Å². The molecule has 8 nitrogen and oxygen atoms in total. The van der Waals surface area contributed by atoms with E-state index in [0.717, 1.165) is 0 Å². The van der Waals surface area contributed by atoms with Gasteiger partial charge in [0.15, 0.2) is 5.76 Å². The molecule has 1 aromatic heterocycles. The maximum Gasteiger partial charge on any atom is 0.243 e. The zero-order chi connectivity index (χ0) is 19.6. The molecule has 1 aliphatic heterocycles. The molecule has 0 spiro atoms. The number of ether oxygens (including phenoxy) is 1. The fourth-order valence-corrected chi connectivity index (χ4v) is 4.42. The van der Waals surface area contributed by atoms with Gasteiger partial charge in [0.05, 0.1) is 18.6 Å². The molecule has 0 amide bonds. The van der Waals surface area contributed by atoms with Gasteiger partial charge in [0.2, 0.25) is 21.2 Å². The highest BCUT2D eigenvalue weighted by atomic mass is 32.2. The highest BCUT2D eigenvalue weighted by Crippen LogP contribution is 2.22. The summed E-state index contributed by atoms with van der Waals surface area (Å²) in [5.74, 6) is 0.826. The van der Waals surface area contributed by atoms with Crippen molar-refractivity contribution >= 4 is 10.0 Å². The fourth-order valence-electron chi connectivity index (χ4n) is 3.00. The van der Waals surface area contributed by atoms with Gasteiger partial charge in [-0.15, -0.1) is 0 Å². The van der Waals surface area contributed by atoms with Gasteiger partial charge in [-0.05, 0) is 31.2 Å². The minimum atomic E-state index is -3.58. The average molecular weight is 394 g/mol. The Balaban J connectivity index is 1.67. The largest absolute Gasteiger partial charge is 0.502 e. The standard InChI is InChI=1S/C18H22N2O6S/c1-13-11-16(21)18(22)17(26-13)12-19-7-9-20(10-8-19)27(23,24)15-5-3-14(25-2)4-6-15/h3-6,11,22H,7-10,12H2,1-2H3. The number of nitrogens with zero attached hydrogens (tertiary/aromatic N) is 2. The summed E-state index contributed by atoms with van der Waals surface area (Å²) in [6, 6.07) is 7.52. The number of methoxy groups -OCH3 is 1. The molecule has 27 heavy (non-hydrogen) atoms.